The van der Waals surface area contributed by atoms with E-state index < -0.39 is 15.7 Å². The number of fused-ring (bicyclic) bond motifs is 1. The molecule has 2 heterocycles. The maximum atomic E-state index is 13.9. The Kier molecular flexibility index (Phi) is 8.77. The van der Waals surface area contributed by atoms with Crippen LogP contribution >= 0.6 is 0 Å². The fraction of sp³-hybridized carbons (Fsp3) is 0.419. The molecule has 1 atom stereocenters. The first-order valence-electron chi connectivity index (χ1n) is 14.4. The minimum Gasteiger partial charge on any atom is -0.351 e. The van der Waals surface area contributed by atoms with E-state index in [-0.39, 0.29) is 47.0 Å². The number of aromatic nitrogens is 2. The number of benzene rings is 2. The highest BCUT2D eigenvalue weighted by Gasteiger charge is 2.32. The molecule has 3 aromatic rings. The van der Waals surface area contributed by atoms with Gasteiger partial charge in [-0.05, 0) is 49.8 Å². The van der Waals surface area contributed by atoms with E-state index >= 15 is 0 Å². The molecule has 3 amide bonds. The number of amides is 3. The van der Waals surface area contributed by atoms with Crippen LogP contribution in [0.5, 0.6) is 0 Å². The number of nitrogens with zero attached hydrogens (tertiary/aromatic N) is 4. The van der Waals surface area contributed by atoms with Crippen LogP contribution in [0.3, 0.4) is 0 Å². The van der Waals surface area contributed by atoms with E-state index in [0.717, 1.165) is 24.1 Å². The van der Waals surface area contributed by atoms with Crippen molar-refractivity contribution in [1.29, 1.82) is 0 Å². The number of hydrogen-bond donors (Lipinski definition) is 1. The van der Waals surface area contributed by atoms with Gasteiger partial charge in [-0.1, -0.05) is 42.5 Å². The van der Waals surface area contributed by atoms with Crippen LogP contribution in [-0.4, -0.2) is 78.4 Å². The summed E-state index contributed by atoms with van der Waals surface area (Å²) in [5, 5.41) is 7.43. The first kappa shape index (κ1) is 29.5. The van der Waals surface area contributed by atoms with Crippen LogP contribution in [0.4, 0.5) is 0 Å². The van der Waals surface area contributed by atoms with Crippen molar-refractivity contribution >= 4 is 27.6 Å². The van der Waals surface area contributed by atoms with Gasteiger partial charge in [-0.15, -0.1) is 0 Å². The zero-order valence-electron chi connectivity index (χ0n) is 24.1. The Morgan fingerprint density at radius 1 is 0.976 bits per heavy atom. The second-order valence-electron chi connectivity index (χ2n) is 11.0. The Labute approximate surface area is 246 Å². The van der Waals surface area contributed by atoms with Crippen LogP contribution in [0.15, 0.2) is 59.5 Å². The van der Waals surface area contributed by atoms with Crippen molar-refractivity contribution in [3.8, 4) is 0 Å². The van der Waals surface area contributed by atoms with Crippen molar-refractivity contribution in [2.24, 2.45) is 7.05 Å². The zero-order valence-corrected chi connectivity index (χ0v) is 24.9. The quantitative estimate of drug-likeness (QED) is 0.498. The van der Waals surface area contributed by atoms with Gasteiger partial charge in [-0.3, -0.25) is 19.1 Å². The molecule has 2 bridgehead atoms. The summed E-state index contributed by atoms with van der Waals surface area (Å²) in [5.74, 6) is -0.923. The van der Waals surface area contributed by atoms with Gasteiger partial charge in [0.15, 0.2) is 15.5 Å². The van der Waals surface area contributed by atoms with E-state index in [0.29, 0.717) is 43.6 Å². The summed E-state index contributed by atoms with van der Waals surface area (Å²) in [7, 11) is -0.176. The maximum absolute atomic E-state index is 13.9. The molecular weight excluding hydrogens is 554 g/mol. The molecule has 1 aliphatic carbocycles. The molecule has 10 nitrogen and oxygen atoms in total. The summed E-state index contributed by atoms with van der Waals surface area (Å²) in [6.45, 7) is 0.903. The van der Waals surface area contributed by atoms with Gasteiger partial charge in [0.1, 0.15) is 0 Å². The molecule has 1 N–H and O–H groups in total. The van der Waals surface area contributed by atoms with Crippen LogP contribution in [0, 0.1) is 0 Å². The average Bonchev–Trinajstić information content (AvgIpc) is 3.32. The molecule has 0 saturated carbocycles. The molecule has 1 aromatic heterocycles. The summed E-state index contributed by atoms with van der Waals surface area (Å²) in [6, 6.07) is 15.1. The monoisotopic (exact) mass is 591 g/mol. The van der Waals surface area contributed by atoms with Crippen molar-refractivity contribution in [3.63, 3.8) is 0 Å². The summed E-state index contributed by atoms with van der Waals surface area (Å²) in [6.07, 6.45) is 3.26. The maximum Gasteiger partial charge on any atom is 0.272 e. The van der Waals surface area contributed by atoms with Gasteiger partial charge in [-0.25, -0.2) is 8.42 Å². The predicted octanol–water partition coefficient (Wildman–Crippen LogP) is 2.77. The first-order valence-corrected chi connectivity index (χ1v) is 16.0. The lowest BCUT2D eigenvalue weighted by atomic mass is 9.90. The Morgan fingerprint density at radius 3 is 2.48 bits per heavy atom. The molecule has 11 heteroatoms. The normalized spacial score (nSPS) is 18.7. The summed E-state index contributed by atoms with van der Waals surface area (Å²) < 4.78 is 28.6. The fourth-order valence-electron chi connectivity index (χ4n) is 5.91. The van der Waals surface area contributed by atoms with Crippen molar-refractivity contribution in [3.05, 3.63) is 82.7 Å². The number of aryl methyl sites for hydroxylation is 1. The first-order chi connectivity index (χ1) is 20.2. The molecule has 0 radical (unpaired) electrons. The third-order valence-electron chi connectivity index (χ3n) is 8.23. The molecule has 0 saturated heterocycles. The van der Waals surface area contributed by atoms with Crippen LogP contribution in [0.25, 0.3) is 0 Å². The molecule has 1 unspecified atom stereocenters. The second-order valence-corrected chi connectivity index (χ2v) is 13.0. The average molecular weight is 592 g/mol. The van der Waals surface area contributed by atoms with Gasteiger partial charge in [0, 0.05) is 57.4 Å². The van der Waals surface area contributed by atoms with Crippen molar-refractivity contribution in [2.45, 2.75) is 55.2 Å². The number of sulfone groups is 1. The minimum absolute atomic E-state index is 0.0152. The van der Waals surface area contributed by atoms with Crippen molar-refractivity contribution < 1.29 is 22.8 Å². The molecule has 5 rings (SSSR count). The van der Waals surface area contributed by atoms with E-state index in [1.807, 2.05) is 13.1 Å². The SMILES string of the molecule is CN1C(=O)CCCN(C(=O)c2ccccc2S(=O)(=O)Cc2ccccc2)CCCNC(=O)c2nn(C)c3c2CC1CC3. The van der Waals surface area contributed by atoms with Crippen molar-refractivity contribution in [2.75, 3.05) is 26.7 Å². The van der Waals surface area contributed by atoms with E-state index in [2.05, 4.69) is 10.4 Å². The minimum atomic E-state index is -3.81. The van der Waals surface area contributed by atoms with Gasteiger partial charge in [-0.2, -0.15) is 5.10 Å². The zero-order chi connectivity index (χ0) is 29.9. The molecule has 222 valence electrons. The smallest absolute Gasteiger partial charge is 0.272 e. The third kappa shape index (κ3) is 6.25. The summed E-state index contributed by atoms with van der Waals surface area (Å²) >= 11 is 0. The molecular formula is C31H37N5O5S. The molecule has 2 aliphatic rings. The molecule has 0 spiro atoms. The Morgan fingerprint density at radius 2 is 1.69 bits per heavy atom. The number of likely N-dealkylation sites (N-methyl/N-ethyl adjacent to an activating group) is 1. The van der Waals surface area contributed by atoms with Crippen LogP contribution in [0.1, 0.15) is 63.4 Å². The summed E-state index contributed by atoms with van der Waals surface area (Å²) in [5.41, 5.74) is 3.05. The molecule has 0 fully saturated rings. The van der Waals surface area contributed by atoms with Gasteiger partial charge in [0.2, 0.25) is 5.91 Å². The van der Waals surface area contributed by atoms with Gasteiger partial charge < -0.3 is 15.1 Å². The number of hydrogen-bond acceptors (Lipinski definition) is 6. The highest BCUT2D eigenvalue weighted by Crippen LogP contribution is 2.28. The van der Waals surface area contributed by atoms with Gasteiger partial charge in [0.05, 0.1) is 16.2 Å². The highest BCUT2D eigenvalue weighted by molar-refractivity contribution is 7.90. The number of rotatable bonds is 4. The Bertz CT molecular complexity index is 1580. The largest absolute Gasteiger partial charge is 0.351 e. The lowest BCUT2D eigenvalue weighted by molar-refractivity contribution is -0.132. The fourth-order valence-corrected chi connectivity index (χ4v) is 7.47. The number of carbonyl (C=O) groups excluding carboxylic acids is 3. The van der Waals surface area contributed by atoms with E-state index in [4.69, 9.17) is 0 Å². The van der Waals surface area contributed by atoms with Gasteiger partial charge in [0.25, 0.3) is 11.8 Å². The van der Waals surface area contributed by atoms with Crippen LogP contribution in [-0.2, 0) is 40.3 Å². The standard InChI is InChI=1S/C31H37N5O5S/c1-34-23-15-16-26-25(20-23)29(33-35(26)2)30(38)32-17-9-19-36(18-8-14-28(34)37)31(39)24-12-6-7-13-27(24)42(40,41)21-22-10-4-3-5-11-22/h3-7,10-13,23H,8-9,14-21H2,1-2H3,(H,32,38). The van der Waals surface area contributed by atoms with E-state index in [1.165, 1.54) is 12.1 Å². The third-order valence-corrected chi connectivity index (χ3v) is 9.97. The molecule has 1 aliphatic heterocycles. The van der Waals surface area contributed by atoms with Gasteiger partial charge >= 0.3 is 0 Å². The molecule has 2 aromatic carbocycles. The van der Waals surface area contributed by atoms with Crippen LogP contribution in [0.2, 0.25) is 0 Å². The van der Waals surface area contributed by atoms with Crippen molar-refractivity contribution in [1.82, 2.24) is 24.9 Å². The van der Waals surface area contributed by atoms with E-state index in [1.54, 1.807) is 57.9 Å². The lowest BCUT2D eigenvalue weighted by Crippen LogP contribution is -2.41. The Hall–Kier alpha value is -3.99. The number of nitrogens with one attached hydrogen (secondary N) is 1. The lowest BCUT2D eigenvalue weighted by Gasteiger charge is -2.32. The summed E-state index contributed by atoms with van der Waals surface area (Å²) in [4.78, 5) is 43.5. The molecule has 42 heavy (non-hydrogen) atoms. The topological polar surface area (TPSA) is 122 Å². The highest BCUT2D eigenvalue weighted by atomic mass is 32.2. The predicted molar refractivity (Wildman–Crippen MR) is 158 cm³/mol. The van der Waals surface area contributed by atoms with Crippen LogP contribution < -0.4 is 5.32 Å². The second kappa shape index (κ2) is 12.5. The number of carbonyl (C=O) groups is 3. The van der Waals surface area contributed by atoms with E-state index in [9.17, 15) is 22.8 Å². The Balaban J connectivity index is 1.38.